The van der Waals surface area contributed by atoms with Gasteiger partial charge in [0.15, 0.2) is 5.82 Å². The third kappa shape index (κ3) is 2.80. The van der Waals surface area contributed by atoms with Crippen molar-refractivity contribution in [2.24, 2.45) is 7.05 Å². The Morgan fingerprint density at radius 3 is 2.78 bits per heavy atom. The molecule has 0 radical (unpaired) electrons. The maximum atomic E-state index is 12.0. The molecule has 0 spiro atoms. The Balaban J connectivity index is 1.61. The molecule has 10 heteroatoms. The van der Waals surface area contributed by atoms with Crippen LogP contribution in [-0.2, 0) is 13.7 Å². The van der Waals surface area contributed by atoms with Crippen molar-refractivity contribution in [2.45, 2.75) is 31.4 Å². The molecule has 1 aliphatic rings. The van der Waals surface area contributed by atoms with Crippen molar-refractivity contribution in [3.8, 4) is 0 Å². The number of hydrogen-bond donors (Lipinski definition) is 4. The van der Waals surface area contributed by atoms with E-state index in [-0.39, 0.29) is 24.1 Å². The normalized spacial score (nSPS) is 20.1. The van der Waals surface area contributed by atoms with E-state index >= 15 is 0 Å². The molecule has 10 nitrogen and oxygen atoms in total. The number of rotatable bonds is 4. The highest BCUT2D eigenvalue weighted by Crippen LogP contribution is 2.35. The molecule has 4 N–H and O–H groups in total. The summed E-state index contributed by atoms with van der Waals surface area (Å²) >= 11 is 0. The van der Waals surface area contributed by atoms with Gasteiger partial charge >= 0.3 is 5.69 Å². The topological polar surface area (TPSA) is 146 Å². The molecule has 2 heterocycles. The van der Waals surface area contributed by atoms with Gasteiger partial charge in [-0.2, -0.15) is 0 Å². The molecule has 1 aliphatic carbocycles. The van der Waals surface area contributed by atoms with E-state index in [1.807, 2.05) is 4.98 Å². The summed E-state index contributed by atoms with van der Waals surface area (Å²) in [6, 6.07) is -0.0758. The van der Waals surface area contributed by atoms with E-state index in [2.05, 4.69) is 20.5 Å². The van der Waals surface area contributed by atoms with E-state index in [1.54, 1.807) is 11.6 Å². The Bertz CT molecular complexity index is 845. The fraction of sp³-hybridized carbons (Fsp3) is 0.462. The number of H-pyrrole nitrogens is 2. The Morgan fingerprint density at radius 2 is 2.17 bits per heavy atom. The number of hydrogen-bond acceptors (Lipinski definition) is 6. The van der Waals surface area contributed by atoms with Gasteiger partial charge in [0.25, 0.3) is 11.5 Å². The first-order valence-corrected chi connectivity index (χ1v) is 7.11. The lowest BCUT2D eigenvalue weighted by Crippen LogP contribution is -2.45. The molecule has 3 rings (SSSR count). The van der Waals surface area contributed by atoms with Crippen LogP contribution in [0.25, 0.3) is 0 Å². The minimum absolute atomic E-state index is 0.0758. The van der Waals surface area contributed by atoms with E-state index in [0.717, 1.165) is 12.0 Å². The van der Waals surface area contributed by atoms with Crippen molar-refractivity contribution in [1.82, 2.24) is 30.0 Å². The number of carbonyl (C=O) groups is 1. The van der Waals surface area contributed by atoms with E-state index in [1.165, 1.54) is 0 Å². The van der Waals surface area contributed by atoms with Crippen molar-refractivity contribution in [3.05, 3.63) is 44.2 Å². The van der Waals surface area contributed by atoms with Crippen LogP contribution in [-0.4, -0.2) is 41.8 Å². The van der Waals surface area contributed by atoms with Gasteiger partial charge in [-0.05, 0) is 12.8 Å². The standard InChI is InChI=1S/C13H16N6O4/c1-19-9(5-20)17-18-10(19)6-2-7(3-6)15-11(21)8-4-14-13(23)16-12(8)22/h4,6-7,20H,2-3,5H2,1H3,(H,15,21)(H2,14,16,22,23). The van der Waals surface area contributed by atoms with E-state index in [9.17, 15) is 14.4 Å². The zero-order chi connectivity index (χ0) is 16.6. The summed E-state index contributed by atoms with van der Waals surface area (Å²) in [7, 11) is 1.78. The molecule has 0 unspecified atom stereocenters. The second kappa shape index (κ2) is 5.80. The third-order valence-corrected chi connectivity index (χ3v) is 4.04. The van der Waals surface area contributed by atoms with Crippen LogP contribution in [0.15, 0.2) is 15.8 Å². The first kappa shape index (κ1) is 15.2. The molecule has 1 saturated carbocycles. The minimum Gasteiger partial charge on any atom is -0.388 e. The van der Waals surface area contributed by atoms with Crippen molar-refractivity contribution in [1.29, 1.82) is 0 Å². The van der Waals surface area contributed by atoms with Gasteiger partial charge in [0.05, 0.1) is 0 Å². The summed E-state index contributed by atoms with van der Waals surface area (Å²) in [6.45, 7) is -0.175. The lowest BCUT2D eigenvalue weighted by atomic mass is 9.79. The number of nitrogens with zero attached hydrogens (tertiary/aromatic N) is 3. The van der Waals surface area contributed by atoms with Crippen LogP contribution in [0.3, 0.4) is 0 Å². The van der Waals surface area contributed by atoms with Gasteiger partial charge in [0, 0.05) is 25.2 Å². The maximum absolute atomic E-state index is 12.0. The minimum atomic E-state index is -0.719. The van der Waals surface area contributed by atoms with E-state index in [4.69, 9.17) is 5.11 Å². The molecule has 0 atom stereocenters. The quantitative estimate of drug-likeness (QED) is 0.531. The maximum Gasteiger partial charge on any atom is 0.325 e. The predicted octanol–water partition coefficient (Wildman–Crippen LogP) is -1.64. The Hall–Kier alpha value is -2.75. The van der Waals surface area contributed by atoms with Gasteiger partial charge in [0.2, 0.25) is 0 Å². The number of nitrogens with one attached hydrogen (secondary N) is 3. The highest BCUT2D eigenvalue weighted by molar-refractivity contribution is 5.93. The summed E-state index contributed by atoms with van der Waals surface area (Å²) in [4.78, 5) is 38.8. The number of aromatic nitrogens is 5. The van der Waals surface area contributed by atoms with Gasteiger partial charge in [-0.3, -0.25) is 14.6 Å². The molecule has 0 bridgehead atoms. The zero-order valence-electron chi connectivity index (χ0n) is 12.4. The highest BCUT2D eigenvalue weighted by Gasteiger charge is 2.35. The average molecular weight is 320 g/mol. The van der Waals surface area contributed by atoms with Gasteiger partial charge in [-0.25, -0.2) is 4.79 Å². The smallest absolute Gasteiger partial charge is 0.325 e. The van der Waals surface area contributed by atoms with E-state index in [0.29, 0.717) is 18.7 Å². The largest absolute Gasteiger partial charge is 0.388 e. The second-order valence-electron chi connectivity index (χ2n) is 5.52. The number of carbonyl (C=O) groups excluding carboxylic acids is 1. The molecular weight excluding hydrogens is 304 g/mol. The van der Waals surface area contributed by atoms with Gasteiger partial charge < -0.3 is 20.0 Å². The summed E-state index contributed by atoms with van der Waals surface area (Å²) in [5.41, 5.74) is -1.51. The Morgan fingerprint density at radius 1 is 1.43 bits per heavy atom. The first-order valence-electron chi connectivity index (χ1n) is 7.11. The Labute approximate surface area is 129 Å². The molecule has 1 fully saturated rings. The second-order valence-corrected chi connectivity index (χ2v) is 5.52. The van der Waals surface area contributed by atoms with Crippen LogP contribution < -0.4 is 16.6 Å². The molecule has 0 saturated heterocycles. The monoisotopic (exact) mass is 320 g/mol. The van der Waals surface area contributed by atoms with Crippen LogP contribution in [0.4, 0.5) is 0 Å². The third-order valence-electron chi connectivity index (χ3n) is 4.04. The highest BCUT2D eigenvalue weighted by atomic mass is 16.3. The van der Waals surface area contributed by atoms with Crippen LogP contribution in [0.2, 0.25) is 0 Å². The SMILES string of the molecule is Cn1c(CO)nnc1C1CC(NC(=O)c2c[nH]c(=O)[nH]c2=O)C1. The summed E-state index contributed by atoms with van der Waals surface area (Å²) in [5, 5.41) is 19.8. The molecule has 0 aromatic carbocycles. The number of aliphatic hydroxyl groups excluding tert-OH is 1. The van der Waals surface area contributed by atoms with E-state index < -0.39 is 17.2 Å². The van der Waals surface area contributed by atoms with Crippen LogP contribution in [0, 0.1) is 0 Å². The number of aromatic amines is 2. The number of amides is 1. The first-order chi connectivity index (χ1) is 11.0. The predicted molar refractivity (Wildman–Crippen MR) is 77.8 cm³/mol. The molecule has 122 valence electrons. The van der Waals surface area contributed by atoms with Crippen LogP contribution >= 0.6 is 0 Å². The van der Waals surface area contributed by atoms with Crippen molar-refractivity contribution in [3.63, 3.8) is 0 Å². The van der Waals surface area contributed by atoms with Crippen molar-refractivity contribution in [2.75, 3.05) is 0 Å². The molecule has 23 heavy (non-hydrogen) atoms. The van der Waals surface area contributed by atoms with Gasteiger partial charge in [-0.15, -0.1) is 10.2 Å². The molecule has 1 amide bonds. The lowest BCUT2D eigenvalue weighted by Gasteiger charge is -2.34. The molecule has 2 aromatic rings. The lowest BCUT2D eigenvalue weighted by molar-refractivity contribution is 0.0905. The van der Waals surface area contributed by atoms with Crippen LogP contribution in [0.1, 0.15) is 40.8 Å². The summed E-state index contributed by atoms with van der Waals surface area (Å²) in [5.74, 6) is 0.876. The fourth-order valence-electron chi connectivity index (χ4n) is 2.66. The summed E-state index contributed by atoms with van der Waals surface area (Å²) < 4.78 is 1.75. The van der Waals surface area contributed by atoms with Gasteiger partial charge in [0.1, 0.15) is 18.0 Å². The Kier molecular flexibility index (Phi) is 3.82. The van der Waals surface area contributed by atoms with Crippen molar-refractivity contribution >= 4 is 5.91 Å². The number of aliphatic hydroxyl groups is 1. The fourth-order valence-corrected chi connectivity index (χ4v) is 2.66. The average Bonchev–Trinajstić information content (AvgIpc) is 2.83. The summed E-state index contributed by atoms with van der Waals surface area (Å²) in [6.07, 6.45) is 2.44. The molecule has 0 aliphatic heterocycles. The molecule has 2 aromatic heterocycles. The van der Waals surface area contributed by atoms with Crippen molar-refractivity contribution < 1.29 is 9.90 Å². The zero-order valence-corrected chi connectivity index (χ0v) is 12.4. The molecular formula is C13H16N6O4. The van der Waals surface area contributed by atoms with Gasteiger partial charge in [-0.1, -0.05) is 0 Å². The van der Waals surface area contributed by atoms with Crippen LogP contribution in [0.5, 0.6) is 0 Å².